The highest BCUT2D eigenvalue weighted by Crippen LogP contribution is 2.25. The number of nitrogens with zero attached hydrogens (tertiary/aromatic N) is 5. The lowest BCUT2D eigenvalue weighted by Crippen LogP contribution is -2.28. The molecule has 0 aliphatic heterocycles. The molecule has 1 amide bonds. The lowest BCUT2D eigenvalue weighted by molar-refractivity contribution is 0.0931. The van der Waals surface area contributed by atoms with Gasteiger partial charge in [-0.15, -0.1) is 5.10 Å². The van der Waals surface area contributed by atoms with Gasteiger partial charge in [0.25, 0.3) is 5.91 Å². The summed E-state index contributed by atoms with van der Waals surface area (Å²) in [5, 5.41) is 12.4. The fourth-order valence-electron chi connectivity index (χ4n) is 2.77. The molecule has 0 saturated carbocycles. The molecule has 1 aromatic carbocycles. The Hall–Kier alpha value is -2.49. The zero-order valence-electron chi connectivity index (χ0n) is 17.3. The molecule has 10 heteroatoms. The zero-order valence-corrected chi connectivity index (χ0v) is 18.8. The molecule has 0 fully saturated rings. The number of rotatable bonds is 8. The number of aryl methyl sites for hydroxylation is 3. The molecule has 158 valence electrons. The van der Waals surface area contributed by atoms with E-state index < -0.39 is 0 Å². The molecule has 2 aromatic heterocycles. The standard InChI is InChI=1S/C20H23ClN6O2S/c1-12-5-6-15(10-16(12)21)27-17(11-30-20-23-13(2)9-14(3)24-20)18(25-26-27)19(28)22-7-8-29-4/h5-6,9-10H,7-8,11H2,1-4H3,(H,22,28). The number of carbonyl (C=O) groups is 1. The normalized spacial score (nSPS) is 11.0. The van der Waals surface area contributed by atoms with E-state index in [9.17, 15) is 4.79 Å². The van der Waals surface area contributed by atoms with Crippen LogP contribution in [0.25, 0.3) is 5.69 Å². The Morgan fingerprint density at radius 2 is 1.93 bits per heavy atom. The highest BCUT2D eigenvalue weighted by Gasteiger charge is 2.21. The Labute approximate surface area is 184 Å². The van der Waals surface area contributed by atoms with Crippen LogP contribution in [-0.2, 0) is 10.5 Å². The molecule has 3 aromatic rings. The minimum Gasteiger partial charge on any atom is -0.383 e. The number of hydrogen-bond acceptors (Lipinski definition) is 7. The molecule has 0 unspecified atom stereocenters. The summed E-state index contributed by atoms with van der Waals surface area (Å²) in [4.78, 5) is 21.6. The summed E-state index contributed by atoms with van der Waals surface area (Å²) in [5.41, 5.74) is 4.35. The topological polar surface area (TPSA) is 94.8 Å². The molecule has 0 atom stereocenters. The highest BCUT2D eigenvalue weighted by molar-refractivity contribution is 7.98. The number of hydrogen-bond donors (Lipinski definition) is 1. The third kappa shape index (κ3) is 5.35. The van der Waals surface area contributed by atoms with Crippen LogP contribution in [0.1, 0.15) is 33.1 Å². The maximum absolute atomic E-state index is 12.7. The summed E-state index contributed by atoms with van der Waals surface area (Å²) in [7, 11) is 1.58. The van der Waals surface area contributed by atoms with Gasteiger partial charge in [0, 0.05) is 35.8 Å². The zero-order chi connectivity index (χ0) is 21.7. The van der Waals surface area contributed by atoms with Crippen LogP contribution >= 0.6 is 23.4 Å². The van der Waals surface area contributed by atoms with Gasteiger partial charge in [0.1, 0.15) is 0 Å². The van der Waals surface area contributed by atoms with E-state index in [4.69, 9.17) is 16.3 Å². The summed E-state index contributed by atoms with van der Waals surface area (Å²) < 4.78 is 6.62. The predicted molar refractivity (Wildman–Crippen MR) is 116 cm³/mol. The van der Waals surface area contributed by atoms with E-state index in [1.165, 1.54) is 11.8 Å². The number of aromatic nitrogens is 5. The Morgan fingerprint density at radius 1 is 1.20 bits per heavy atom. The monoisotopic (exact) mass is 446 g/mol. The molecule has 0 aliphatic rings. The van der Waals surface area contributed by atoms with Crippen LogP contribution in [0, 0.1) is 20.8 Å². The first kappa shape index (κ1) is 22.2. The quantitative estimate of drug-likeness (QED) is 0.322. The second kappa shape index (κ2) is 10.0. The number of nitrogens with one attached hydrogen (secondary N) is 1. The van der Waals surface area contributed by atoms with Gasteiger partial charge in [-0.1, -0.05) is 34.6 Å². The van der Waals surface area contributed by atoms with E-state index in [2.05, 4.69) is 25.6 Å². The van der Waals surface area contributed by atoms with Gasteiger partial charge in [-0.05, 0) is 44.5 Å². The van der Waals surface area contributed by atoms with Crippen LogP contribution in [0.2, 0.25) is 5.02 Å². The molecule has 0 saturated heterocycles. The second-order valence-electron chi connectivity index (χ2n) is 6.70. The fraction of sp³-hybridized carbons (Fsp3) is 0.350. The highest BCUT2D eigenvalue weighted by atomic mass is 35.5. The average molecular weight is 447 g/mol. The SMILES string of the molecule is COCCNC(=O)c1nnn(-c2ccc(C)c(Cl)c2)c1CSc1nc(C)cc(C)n1. The number of thioether (sulfide) groups is 1. The van der Waals surface area contributed by atoms with Gasteiger partial charge < -0.3 is 10.1 Å². The molecule has 3 rings (SSSR count). The maximum atomic E-state index is 12.7. The largest absolute Gasteiger partial charge is 0.383 e. The fourth-order valence-corrected chi connectivity index (χ4v) is 3.89. The van der Waals surface area contributed by atoms with Crippen LogP contribution in [0.4, 0.5) is 0 Å². The van der Waals surface area contributed by atoms with Crippen LogP contribution in [0.15, 0.2) is 29.4 Å². The Balaban J connectivity index is 1.94. The van der Waals surface area contributed by atoms with Crippen molar-refractivity contribution < 1.29 is 9.53 Å². The van der Waals surface area contributed by atoms with E-state index >= 15 is 0 Å². The van der Waals surface area contributed by atoms with Crippen molar-refractivity contribution in [1.29, 1.82) is 0 Å². The van der Waals surface area contributed by atoms with Crippen molar-refractivity contribution in [3.8, 4) is 5.69 Å². The molecule has 8 nitrogen and oxygen atoms in total. The molecular weight excluding hydrogens is 424 g/mol. The Morgan fingerprint density at radius 3 is 2.60 bits per heavy atom. The van der Waals surface area contributed by atoms with Gasteiger partial charge in [0.05, 0.1) is 18.0 Å². The minimum atomic E-state index is -0.312. The van der Waals surface area contributed by atoms with Crippen LogP contribution in [0.3, 0.4) is 0 Å². The molecule has 1 N–H and O–H groups in total. The lowest BCUT2D eigenvalue weighted by Gasteiger charge is -2.10. The van der Waals surface area contributed by atoms with E-state index in [0.29, 0.717) is 34.8 Å². The third-order valence-electron chi connectivity index (χ3n) is 4.27. The molecule has 30 heavy (non-hydrogen) atoms. The van der Waals surface area contributed by atoms with Crippen molar-refractivity contribution in [2.24, 2.45) is 0 Å². The first-order chi connectivity index (χ1) is 14.4. The van der Waals surface area contributed by atoms with Crippen LogP contribution in [-0.4, -0.2) is 51.1 Å². The summed E-state index contributed by atoms with van der Waals surface area (Å²) in [6.07, 6.45) is 0. The molecule has 0 aliphatic carbocycles. The second-order valence-corrected chi connectivity index (χ2v) is 8.05. The van der Waals surface area contributed by atoms with E-state index in [1.807, 2.05) is 39.0 Å². The predicted octanol–water partition coefficient (Wildman–Crippen LogP) is 3.30. The van der Waals surface area contributed by atoms with E-state index in [1.54, 1.807) is 17.9 Å². The third-order valence-corrected chi connectivity index (χ3v) is 5.54. The van der Waals surface area contributed by atoms with Gasteiger partial charge in [0.2, 0.25) is 0 Å². The van der Waals surface area contributed by atoms with Gasteiger partial charge in [-0.25, -0.2) is 14.6 Å². The number of carbonyl (C=O) groups excluding carboxylic acids is 1. The van der Waals surface area contributed by atoms with Crippen molar-refractivity contribution >= 4 is 29.3 Å². The van der Waals surface area contributed by atoms with Gasteiger partial charge >= 0.3 is 0 Å². The molecule has 0 radical (unpaired) electrons. The summed E-state index contributed by atoms with van der Waals surface area (Å²) in [6, 6.07) is 7.52. The van der Waals surface area contributed by atoms with Gasteiger partial charge in [0.15, 0.2) is 10.9 Å². The molecule has 2 heterocycles. The number of ether oxygens (including phenoxy) is 1. The molecule has 0 spiro atoms. The Kier molecular flexibility index (Phi) is 7.41. The smallest absolute Gasteiger partial charge is 0.273 e. The number of amides is 1. The molecule has 0 bridgehead atoms. The minimum absolute atomic E-state index is 0.250. The Bertz CT molecular complexity index is 1040. The van der Waals surface area contributed by atoms with E-state index in [0.717, 1.165) is 22.6 Å². The summed E-state index contributed by atoms with van der Waals surface area (Å²) in [6.45, 7) is 6.57. The van der Waals surface area contributed by atoms with Crippen molar-refractivity contribution in [2.45, 2.75) is 31.7 Å². The number of methoxy groups -OCH3 is 1. The van der Waals surface area contributed by atoms with Crippen molar-refractivity contribution in [1.82, 2.24) is 30.3 Å². The average Bonchev–Trinajstić information content (AvgIpc) is 3.12. The van der Waals surface area contributed by atoms with Crippen LogP contribution in [0.5, 0.6) is 0 Å². The van der Waals surface area contributed by atoms with Crippen LogP contribution < -0.4 is 5.32 Å². The first-order valence-electron chi connectivity index (χ1n) is 9.32. The van der Waals surface area contributed by atoms with Crippen molar-refractivity contribution in [3.05, 3.63) is 57.6 Å². The number of benzene rings is 1. The van der Waals surface area contributed by atoms with Gasteiger partial charge in [-0.2, -0.15) is 0 Å². The number of halogens is 1. The molecular formula is C20H23ClN6O2S. The van der Waals surface area contributed by atoms with E-state index in [-0.39, 0.29) is 11.6 Å². The summed E-state index contributed by atoms with van der Waals surface area (Å²) >= 11 is 7.72. The van der Waals surface area contributed by atoms with Gasteiger partial charge in [-0.3, -0.25) is 4.79 Å². The summed E-state index contributed by atoms with van der Waals surface area (Å²) in [5.74, 6) is 0.0995. The lowest BCUT2D eigenvalue weighted by atomic mass is 10.2. The van der Waals surface area contributed by atoms with Crippen molar-refractivity contribution in [2.75, 3.05) is 20.3 Å². The van der Waals surface area contributed by atoms with Crippen molar-refractivity contribution in [3.63, 3.8) is 0 Å². The first-order valence-corrected chi connectivity index (χ1v) is 10.7. The maximum Gasteiger partial charge on any atom is 0.273 e.